The van der Waals surface area contributed by atoms with Gasteiger partial charge in [-0.15, -0.1) is 0 Å². The molecule has 0 aromatic heterocycles. The molecule has 1 heterocycles. The summed E-state index contributed by atoms with van der Waals surface area (Å²) in [6, 6.07) is 18.1. The second-order valence-corrected chi connectivity index (χ2v) is 7.12. The molecule has 0 aliphatic carbocycles. The summed E-state index contributed by atoms with van der Waals surface area (Å²) in [6.07, 6.45) is 1.94. The van der Waals surface area contributed by atoms with Crippen molar-refractivity contribution in [2.75, 3.05) is 13.1 Å². The molecule has 0 unspecified atom stereocenters. The van der Waals surface area contributed by atoms with Crippen molar-refractivity contribution in [3.63, 3.8) is 0 Å². The quantitative estimate of drug-likeness (QED) is 0.827. The molecule has 5 heteroatoms. The molecule has 0 atom stereocenters. The third kappa shape index (κ3) is 5.93. The highest BCUT2D eigenvalue weighted by Crippen LogP contribution is 2.14. The molecule has 2 amide bonds. The van der Waals surface area contributed by atoms with E-state index < -0.39 is 0 Å². The Morgan fingerprint density at radius 2 is 1.63 bits per heavy atom. The second kappa shape index (κ2) is 9.33. The molecule has 2 aromatic carbocycles. The van der Waals surface area contributed by atoms with Crippen molar-refractivity contribution >= 4 is 11.8 Å². The number of hydrogen-bond acceptors (Lipinski definition) is 3. The lowest BCUT2D eigenvalue weighted by Gasteiger charge is -2.32. The van der Waals surface area contributed by atoms with Crippen LogP contribution in [0.25, 0.3) is 0 Å². The first kappa shape index (κ1) is 19.1. The SMILES string of the molecule is CC(=O)NCc1ccc(C(=O)NC2CCN(Cc3ccccc3)CC2)cc1. The molecule has 3 rings (SSSR count). The van der Waals surface area contributed by atoms with Gasteiger partial charge in [0.05, 0.1) is 0 Å². The van der Waals surface area contributed by atoms with Gasteiger partial charge < -0.3 is 10.6 Å². The van der Waals surface area contributed by atoms with Crippen LogP contribution >= 0.6 is 0 Å². The van der Waals surface area contributed by atoms with Gasteiger partial charge in [-0.3, -0.25) is 14.5 Å². The predicted octanol–water partition coefficient (Wildman–Crippen LogP) is 2.72. The van der Waals surface area contributed by atoms with Crippen LogP contribution in [-0.2, 0) is 17.9 Å². The highest BCUT2D eigenvalue weighted by molar-refractivity contribution is 5.94. The largest absolute Gasteiger partial charge is 0.352 e. The van der Waals surface area contributed by atoms with Crippen LogP contribution in [0.5, 0.6) is 0 Å². The lowest BCUT2D eigenvalue weighted by atomic mass is 10.0. The average molecular weight is 365 g/mol. The van der Waals surface area contributed by atoms with Gasteiger partial charge in [0.1, 0.15) is 0 Å². The van der Waals surface area contributed by atoms with Gasteiger partial charge in [-0.05, 0) is 36.1 Å². The van der Waals surface area contributed by atoms with Crippen LogP contribution in [0.1, 0.15) is 41.3 Å². The molecule has 5 nitrogen and oxygen atoms in total. The fraction of sp³-hybridized carbons (Fsp3) is 0.364. The smallest absolute Gasteiger partial charge is 0.251 e. The fourth-order valence-electron chi connectivity index (χ4n) is 3.35. The molecular weight excluding hydrogens is 338 g/mol. The van der Waals surface area contributed by atoms with Crippen molar-refractivity contribution < 1.29 is 9.59 Å². The van der Waals surface area contributed by atoms with Crippen LogP contribution in [-0.4, -0.2) is 35.8 Å². The van der Waals surface area contributed by atoms with Crippen molar-refractivity contribution in [2.45, 2.75) is 38.9 Å². The van der Waals surface area contributed by atoms with Gasteiger partial charge in [-0.25, -0.2) is 0 Å². The third-order valence-electron chi connectivity index (χ3n) is 4.93. The minimum Gasteiger partial charge on any atom is -0.352 e. The van der Waals surface area contributed by atoms with Gasteiger partial charge in [0.2, 0.25) is 5.91 Å². The second-order valence-electron chi connectivity index (χ2n) is 7.12. The molecule has 0 bridgehead atoms. The topological polar surface area (TPSA) is 61.4 Å². The molecule has 27 heavy (non-hydrogen) atoms. The first-order valence-corrected chi connectivity index (χ1v) is 9.50. The summed E-state index contributed by atoms with van der Waals surface area (Å²) in [4.78, 5) is 25.9. The minimum absolute atomic E-state index is 0.0254. The Balaban J connectivity index is 1.44. The minimum atomic E-state index is -0.0598. The van der Waals surface area contributed by atoms with E-state index in [-0.39, 0.29) is 17.9 Å². The monoisotopic (exact) mass is 365 g/mol. The van der Waals surface area contributed by atoms with E-state index in [9.17, 15) is 9.59 Å². The summed E-state index contributed by atoms with van der Waals surface area (Å²) in [6.45, 7) is 4.94. The molecule has 1 fully saturated rings. The maximum Gasteiger partial charge on any atom is 0.251 e. The standard InChI is InChI=1S/C22H27N3O2/c1-17(26)23-15-18-7-9-20(10-8-18)22(27)24-21-11-13-25(14-12-21)16-19-5-3-2-4-6-19/h2-10,21H,11-16H2,1H3,(H,23,26)(H,24,27). The Labute approximate surface area is 160 Å². The number of carbonyl (C=O) groups excluding carboxylic acids is 2. The first-order valence-electron chi connectivity index (χ1n) is 9.50. The van der Waals surface area contributed by atoms with Crippen molar-refractivity contribution in [3.8, 4) is 0 Å². The van der Waals surface area contributed by atoms with Crippen molar-refractivity contribution in [1.29, 1.82) is 0 Å². The first-order chi connectivity index (χ1) is 13.1. The van der Waals surface area contributed by atoms with Crippen LogP contribution in [0.4, 0.5) is 0 Å². The van der Waals surface area contributed by atoms with Crippen molar-refractivity contribution in [2.24, 2.45) is 0 Å². The number of likely N-dealkylation sites (tertiary alicyclic amines) is 1. The number of piperidine rings is 1. The Kier molecular flexibility index (Phi) is 6.60. The number of nitrogens with one attached hydrogen (secondary N) is 2. The molecule has 0 spiro atoms. The van der Waals surface area contributed by atoms with Gasteiger partial charge in [0.25, 0.3) is 5.91 Å². The number of nitrogens with zero attached hydrogens (tertiary/aromatic N) is 1. The predicted molar refractivity (Wildman–Crippen MR) is 106 cm³/mol. The Morgan fingerprint density at radius 1 is 0.963 bits per heavy atom. The van der Waals surface area contributed by atoms with Gasteiger partial charge in [-0.2, -0.15) is 0 Å². The van der Waals surface area contributed by atoms with E-state index >= 15 is 0 Å². The van der Waals surface area contributed by atoms with Crippen LogP contribution in [0.15, 0.2) is 54.6 Å². The number of carbonyl (C=O) groups is 2. The highest BCUT2D eigenvalue weighted by Gasteiger charge is 2.21. The van der Waals surface area contributed by atoms with E-state index in [1.165, 1.54) is 12.5 Å². The van der Waals surface area contributed by atoms with Gasteiger partial charge in [0, 0.05) is 44.7 Å². The normalized spacial score (nSPS) is 15.3. The van der Waals surface area contributed by atoms with E-state index in [1.54, 1.807) is 0 Å². The lowest BCUT2D eigenvalue weighted by molar-refractivity contribution is -0.119. The summed E-state index contributed by atoms with van der Waals surface area (Å²) in [7, 11) is 0. The summed E-state index contributed by atoms with van der Waals surface area (Å²) in [5.74, 6) is -0.0852. The molecular formula is C22H27N3O2. The maximum absolute atomic E-state index is 12.5. The van der Waals surface area contributed by atoms with Gasteiger partial charge in [0.15, 0.2) is 0 Å². The molecule has 2 N–H and O–H groups in total. The van der Waals surface area contributed by atoms with E-state index in [2.05, 4.69) is 39.8 Å². The molecule has 2 aromatic rings. The number of benzene rings is 2. The van der Waals surface area contributed by atoms with E-state index in [4.69, 9.17) is 0 Å². The third-order valence-corrected chi connectivity index (χ3v) is 4.93. The van der Waals surface area contributed by atoms with Crippen LogP contribution in [0, 0.1) is 0 Å². The van der Waals surface area contributed by atoms with Crippen molar-refractivity contribution in [1.82, 2.24) is 15.5 Å². The van der Waals surface area contributed by atoms with Crippen LogP contribution < -0.4 is 10.6 Å². The molecule has 1 aliphatic heterocycles. The molecule has 1 saturated heterocycles. The molecule has 1 aliphatic rings. The lowest BCUT2D eigenvalue weighted by Crippen LogP contribution is -2.44. The maximum atomic E-state index is 12.5. The summed E-state index contributed by atoms with van der Waals surface area (Å²) < 4.78 is 0. The number of rotatable bonds is 6. The summed E-state index contributed by atoms with van der Waals surface area (Å²) >= 11 is 0. The Morgan fingerprint density at radius 3 is 2.26 bits per heavy atom. The van der Waals surface area contributed by atoms with E-state index in [1.807, 2.05) is 30.3 Å². The summed E-state index contributed by atoms with van der Waals surface area (Å²) in [5.41, 5.74) is 2.98. The number of hydrogen-bond donors (Lipinski definition) is 2. The van der Waals surface area contributed by atoms with Crippen molar-refractivity contribution in [3.05, 3.63) is 71.3 Å². The molecule has 142 valence electrons. The Bertz CT molecular complexity index is 751. The van der Waals surface area contributed by atoms with Gasteiger partial charge in [-0.1, -0.05) is 42.5 Å². The number of amides is 2. The highest BCUT2D eigenvalue weighted by atomic mass is 16.2. The molecule has 0 saturated carbocycles. The molecule has 0 radical (unpaired) electrons. The fourth-order valence-corrected chi connectivity index (χ4v) is 3.35. The van der Waals surface area contributed by atoms with Gasteiger partial charge >= 0.3 is 0 Å². The summed E-state index contributed by atoms with van der Waals surface area (Å²) in [5, 5.41) is 5.91. The van der Waals surface area contributed by atoms with Crippen LogP contribution in [0.2, 0.25) is 0 Å². The zero-order valence-electron chi connectivity index (χ0n) is 15.8. The Hall–Kier alpha value is -2.66. The van der Waals surface area contributed by atoms with Crippen LogP contribution in [0.3, 0.4) is 0 Å². The van der Waals surface area contributed by atoms with E-state index in [0.29, 0.717) is 12.1 Å². The van der Waals surface area contributed by atoms with E-state index in [0.717, 1.165) is 38.0 Å². The zero-order valence-corrected chi connectivity index (χ0v) is 15.8. The zero-order chi connectivity index (χ0) is 19.1. The average Bonchev–Trinajstić information content (AvgIpc) is 2.69.